The molecular formula is C23H21N5. The number of pyridine rings is 1. The van der Waals surface area contributed by atoms with Crippen LogP contribution < -0.4 is 10.6 Å². The second-order valence-corrected chi connectivity index (χ2v) is 6.52. The van der Waals surface area contributed by atoms with Gasteiger partial charge in [-0.05, 0) is 23.3 Å². The molecule has 0 bridgehead atoms. The predicted octanol–water partition coefficient (Wildman–Crippen LogP) is 4.33. The zero-order chi connectivity index (χ0) is 19.2. The zero-order valence-corrected chi connectivity index (χ0v) is 15.4. The van der Waals surface area contributed by atoms with E-state index in [4.69, 9.17) is 5.73 Å². The molecule has 2 aromatic heterocycles. The van der Waals surface area contributed by atoms with Crippen molar-refractivity contribution in [2.45, 2.75) is 13.1 Å². The molecule has 0 radical (unpaired) electrons. The van der Waals surface area contributed by atoms with Crippen LogP contribution in [-0.2, 0) is 13.1 Å². The lowest BCUT2D eigenvalue weighted by Crippen LogP contribution is -2.23. The van der Waals surface area contributed by atoms with E-state index in [1.54, 1.807) is 12.4 Å². The summed E-state index contributed by atoms with van der Waals surface area (Å²) in [6.45, 7) is 1.54. The minimum atomic E-state index is 0.439. The monoisotopic (exact) mass is 367 g/mol. The molecule has 2 aromatic carbocycles. The fourth-order valence-corrected chi connectivity index (χ4v) is 3.12. The molecule has 0 fully saturated rings. The Morgan fingerprint density at radius 1 is 0.643 bits per heavy atom. The highest BCUT2D eigenvalue weighted by Gasteiger charge is 2.10. The largest absolute Gasteiger partial charge is 0.382 e. The average Bonchev–Trinajstić information content (AvgIpc) is 2.76. The van der Waals surface area contributed by atoms with E-state index in [1.807, 2.05) is 42.6 Å². The molecule has 28 heavy (non-hydrogen) atoms. The summed E-state index contributed by atoms with van der Waals surface area (Å²) in [5, 5.41) is 0. The van der Waals surface area contributed by atoms with Crippen LogP contribution in [-0.4, -0.2) is 15.0 Å². The summed E-state index contributed by atoms with van der Waals surface area (Å²) in [5.41, 5.74) is 10.0. The number of aromatic nitrogens is 3. The Balaban J connectivity index is 1.57. The molecule has 138 valence electrons. The molecule has 0 unspecified atom stereocenters. The first-order valence-corrected chi connectivity index (χ1v) is 9.15. The summed E-state index contributed by atoms with van der Waals surface area (Å²) in [4.78, 5) is 15.3. The van der Waals surface area contributed by atoms with Gasteiger partial charge in [-0.2, -0.15) is 0 Å². The van der Waals surface area contributed by atoms with Crippen molar-refractivity contribution in [2.24, 2.45) is 0 Å². The Kier molecular flexibility index (Phi) is 5.24. The third-order valence-corrected chi connectivity index (χ3v) is 4.52. The Hall–Kier alpha value is -3.73. The van der Waals surface area contributed by atoms with Crippen molar-refractivity contribution in [3.8, 4) is 11.3 Å². The summed E-state index contributed by atoms with van der Waals surface area (Å²) in [7, 11) is 0. The molecule has 5 heteroatoms. The minimum absolute atomic E-state index is 0.439. The van der Waals surface area contributed by atoms with Crippen LogP contribution in [0.25, 0.3) is 11.3 Å². The van der Waals surface area contributed by atoms with Crippen molar-refractivity contribution in [2.75, 3.05) is 10.6 Å². The highest BCUT2D eigenvalue weighted by atomic mass is 15.2. The summed E-state index contributed by atoms with van der Waals surface area (Å²) >= 11 is 0. The third-order valence-electron chi connectivity index (χ3n) is 4.52. The number of hydrogen-bond donors (Lipinski definition) is 1. The highest BCUT2D eigenvalue weighted by molar-refractivity contribution is 5.69. The number of hydrogen-bond acceptors (Lipinski definition) is 5. The van der Waals surface area contributed by atoms with Crippen molar-refractivity contribution in [1.29, 1.82) is 0 Å². The first-order valence-electron chi connectivity index (χ1n) is 9.15. The first-order chi connectivity index (χ1) is 13.8. The van der Waals surface area contributed by atoms with Gasteiger partial charge in [0.05, 0.1) is 0 Å². The van der Waals surface area contributed by atoms with E-state index in [2.05, 4.69) is 56.3 Å². The summed E-state index contributed by atoms with van der Waals surface area (Å²) in [6.07, 6.45) is 5.08. The fraction of sp³-hybridized carbons (Fsp3) is 0.0870. The molecule has 0 saturated carbocycles. The maximum Gasteiger partial charge on any atom is 0.149 e. The molecule has 0 atom stereocenters. The number of benzene rings is 2. The van der Waals surface area contributed by atoms with E-state index in [0.717, 1.165) is 24.5 Å². The highest BCUT2D eigenvalue weighted by Crippen LogP contribution is 2.23. The van der Waals surface area contributed by atoms with Crippen LogP contribution in [0.3, 0.4) is 0 Å². The van der Waals surface area contributed by atoms with Crippen LogP contribution in [0.2, 0.25) is 0 Å². The Morgan fingerprint density at radius 3 is 2.00 bits per heavy atom. The second-order valence-electron chi connectivity index (χ2n) is 6.52. The van der Waals surface area contributed by atoms with Crippen LogP contribution in [0.5, 0.6) is 0 Å². The zero-order valence-electron chi connectivity index (χ0n) is 15.4. The number of nitrogens with zero attached hydrogens (tertiary/aromatic N) is 4. The number of anilines is 2. The number of rotatable bonds is 6. The average molecular weight is 367 g/mol. The van der Waals surface area contributed by atoms with E-state index >= 15 is 0 Å². The predicted molar refractivity (Wildman–Crippen MR) is 112 cm³/mol. The van der Waals surface area contributed by atoms with Gasteiger partial charge in [-0.3, -0.25) is 4.98 Å². The molecule has 0 aliphatic heterocycles. The van der Waals surface area contributed by atoms with Gasteiger partial charge in [-0.15, -0.1) is 0 Å². The maximum atomic E-state index is 5.94. The number of nitrogen functional groups attached to an aromatic ring is 1. The van der Waals surface area contributed by atoms with Crippen molar-refractivity contribution >= 4 is 11.6 Å². The van der Waals surface area contributed by atoms with E-state index < -0.39 is 0 Å². The van der Waals surface area contributed by atoms with Gasteiger partial charge in [-0.25, -0.2) is 9.97 Å². The van der Waals surface area contributed by atoms with Crippen LogP contribution >= 0.6 is 0 Å². The Morgan fingerprint density at radius 2 is 1.32 bits per heavy atom. The third kappa shape index (κ3) is 4.15. The smallest absolute Gasteiger partial charge is 0.149 e. The molecule has 0 saturated heterocycles. The molecule has 2 N–H and O–H groups in total. The van der Waals surface area contributed by atoms with Gasteiger partial charge < -0.3 is 10.6 Å². The van der Waals surface area contributed by atoms with Gasteiger partial charge in [0.25, 0.3) is 0 Å². The molecule has 4 aromatic rings. The molecular weight excluding hydrogens is 346 g/mol. The van der Waals surface area contributed by atoms with Gasteiger partial charge in [0, 0.05) is 37.2 Å². The van der Waals surface area contributed by atoms with Gasteiger partial charge in [0.1, 0.15) is 17.3 Å². The lowest BCUT2D eigenvalue weighted by Gasteiger charge is -2.24. The molecule has 0 spiro atoms. The standard InChI is InChI=1S/C23H21N5/c24-23-22(26-14-15-27-23)20-11-9-19(10-12-20)17-28(21-8-4-5-13-25-21)16-18-6-2-1-3-7-18/h1-15H,16-17H2,(H2,24,27). The van der Waals surface area contributed by atoms with E-state index in [1.165, 1.54) is 11.1 Å². The molecule has 0 aliphatic carbocycles. The quantitative estimate of drug-likeness (QED) is 0.549. The van der Waals surface area contributed by atoms with Gasteiger partial charge in [0.2, 0.25) is 0 Å². The molecule has 0 amide bonds. The Bertz CT molecular complexity index is 1020. The minimum Gasteiger partial charge on any atom is -0.382 e. The van der Waals surface area contributed by atoms with E-state index in [-0.39, 0.29) is 0 Å². The normalized spacial score (nSPS) is 10.6. The van der Waals surface area contributed by atoms with Crippen LogP contribution in [0.4, 0.5) is 11.6 Å². The lowest BCUT2D eigenvalue weighted by molar-refractivity contribution is 0.783. The number of nitrogens with two attached hydrogens (primary N) is 1. The fourth-order valence-electron chi connectivity index (χ4n) is 3.12. The van der Waals surface area contributed by atoms with Crippen molar-refractivity contribution in [3.63, 3.8) is 0 Å². The van der Waals surface area contributed by atoms with Crippen LogP contribution in [0, 0.1) is 0 Å². The van der Waals surface area contributed by atoms with Gasteiger partial charge in [0.15, 0.2) is 0 Å². The molecule has 5 nitrogen and oxygen atoms in total. The SMILES string of the molecule is Nc1nccnc1-c1ccc(CN(Cc2ccccc2)c2ccccn2)cc1. The van der Waals surface area contributed by atoms with Gasteiger partial charge in [-0.1, -0.05) is 60.7 Å². The molecule has 4 rings (SSSR count). The van der Waals surface area contributed by atoms with E-state index in [9.17, 15) is 0 Å². The topological polar surface area (TPSA) is 67.9 Å². The second kappa shape index (κ2) is 8.31. The van der Waals surface area contributed by atoms with Crippen LogP contribution in [0.15, 0.2) is 91.4 Å². The van der Waals surface area contributed by atoms with Crippen molar-refractivity contribution in [1.82, 2.24) is 15.0 Å². The molecule has 2 heterocycles. The summed E-state index contributed by atoms with van der Waals surface area (Å²) in [5.74, 6) is 1.39. The lowest BCUT2D eigenvalue weighted by atomic mass is 10.1. The maximum absolute atomic E-state index is 5.94. The first kappa shape index (κ1) is 17.7. The summed E-state index contributed by atoms with van der Waals surface area (Å²) < 4.78 is 0. The Labute approximate surface area is 164 Å². The van der Waals surface area contributed by atoms with E-state index in [0.29, 0.717) is 11.5 Å². The van der Waals surface area contributed by atoms with Crippen LogP contribution in [0.1, 0.15) is 11.1 Å². The summed E-state index contributed by atoms with van der Waals surface area (Å²) in [6, 6.07) is 24.7. The van der Waals surface area contributed by atoms with Gasteiger partial charge >= 0.3 is 0 Å². The van der Waals surface area contributed by atoms with Crippen molar-refractivity contribution < 1.29 is 0 Å². The van der Waals surface area contributed by atoms with Crippen molar-refractivity contribution in [3.05, 3.63) is 103 Å². The molecule has 0 aliphatic rings.